The summed E-state index contributed by atoms with van der Waals surface area (Å²) in [5.74, 6) is -2.68. The average Bonchev–Trinajstić information content (AvgIpc) is 3.93. The van der Waals surface area contributed by atoms with E-state index in [9.17, 15) is 33.5 Å². The lowest BCUT2D eigenvalue weighted by Crippen LogP contribution is -2.54. The number of imidazole rings is 1. The van der Waals surface area contributed by atoms with Crippen molar-refractivity contribution in [3.05, 3.63) is 124 Å². The van der Waals surface area contributed by atoms with Gasteiger partial charge in [-0.15, -0.1) is 0 Å². The summed E-state index contributed by atoms with van der Waals surface area (Å²) >= 11 is 6.18. The first kappa shape index (κ1) is 43.7. The van der Waals surface area contributed by atoms with Gasteiger partial charge in [0.05, 0.1) is 35.4 Å². The Kier molecular flexibility index (Phi) is 13.4. The first-order valence-electron chi connectivity index (χ1n) is 20.8. The van der Waals surface area contributed by atoms with Gasteiger partial charge in [0.15, 0.2) is 0 Å². The first-order valence-corrected chi connectivity index (χ1v) is 21.2. The van der Waals surface area contributed by atoms with E-state index in [0.717, 1.165) is 39.9 Å². The summed E-state index contributed by atoms with van der Waals surface area (Å²) in [5.41, 5.74) is 6.14. The molecule has 0 aliphatic carbocycles. The quantitative estimate of drug-likeness (QED) is 0.0521. The van der Waals surface area contributed by atoms with Crippen LogP contribution in [0.25, 0.3) is 28.2 Å². The van der Waals surface area contributed by atoms with Crippen LogP contribution in [-0.2, 0) is 43.1 Å². The minimum Gasteiger partial charge on any atom is -0.493 e. The summed E-state index contributed by atoms with van der Waals surface area (Å²) in [5, 5.41) is 24.8. The molecule has 2 aromatic heterocycles. The number of nitrogens with one attached hydrogen (secondary N) is 4. The van der Waals surface area contributed by atoms with E-state index in [1.807, 2.05) is 30.3 Å². The van der Waals surface area contributed by atoms with E-state index in [1.165, 1.54) is 22.9 Å². The third-order valence-electron chi connectivity index (χ3n) is 11.0. The maximum absolute atomic E-state index is 13.6. The summed E-state index contributed by atoms with van der Waals surface area (Å²) < 4.78 is 26.1. The van der Waals surface area contributed by atoms with Crippen LogP contribution in [0.15, 0.2) is 84.9 Å². The number of aromatic hydroxyl groups is 1. The molecule has 4 heterocycles. The Labute approximate surface area is 371 Å². The van der Waals surface area contributed by atoms with Crippen molar-refractivity contribution in [2.45, 2.75) is 44.6 Å². The van der Waals surface area contributed by atoms with E-state index in [0.29, 0.717) is 59.5 Å². The number of rotatable bonds is 19. The van der Waals surface area contributed by atoms with Gasteiger partial charge in [0, 0.05) is 48.0 Å². The second-order valence-electron chi connectivity index (χ2n) is 15.3. The molecule has 0 saturated carbocycles. The number of hydrogen-bond donors (Lipinski definition) is 5. The van der Waals surface area contributed by atoms with E-state index < -0.39 is 29.7 Å². The molecule has 4 aromatic carbocycles. The first-order chi connectivity index (χ1) is 31.0. The minimum absolute atomic E-state index is 0.0307. The van der Waals surface area contributed by atoms with Crippen LogP contribution in [0.1, 0.15) is 56.7 Å². The van der Waals surface area contributed by atoms with Crippen LogP contribution in [0.2, 0.25) is 5.02 Å². The molecule has 0 radical (unpaired) electrons. The van der Waals surface area contributed by atoms with Gasteiger partial charge in [0.25, 0.3) is 11.8 Å². The monoisotopic (exact) mass is 890 g/mol. The van der Waals surface area contributed by atoms with Crippen LogP contribution in [0.4, 0.5) is 10.1 Å². The minimum atomic E-state index is -1.06. The second kappa shape index (κ2) is 19.6. The number of aromatic amines is 1. The van der Waals surface area contributed by atoms with Gasteiger partial charge in [0.1, 0.15) is 24.2 Å². The third kappa shape index (κ3) is 9.81. The smallest absolute Gasteiger partial charge is 0.264 e. The van der Waals surface area contributed by atoms with Gasteiger partial charge in [0.2, 0.25) is 29.5 Å². The molecule has 0 bridgehead atoms. The topological polar surface area (TPSA) is 210 Å². The zero-order valence-corrected chi connectivity index (χ0v) is 35.3. The van der Waals surface area contributed by atoms with Gasteiger partial charge in [-0.3, -0.25) is 34.2 Å². The average molecular weight is 891 g/mol. The van der Waals surface area contributed by atoms with Crippen molar-refractivity contribution >= 4 is 57.9 Å². The van der Waals surface area contributed by atoms with Crippen molar-refractivity contribution in [1.82, 2.24) is 35.3 Å². The van der Waals surface area contributed by atoms with Crippen LogP contribution in [-0.4, -0.2) is 105 Å². The highest BCUT2D eigenvalue weighted by Gasteiger charge is 2.45. The van der Waals surface area contributed by atoms with Crippen LogP contribution >= 0.6 is 11.6 Å². The van der Waals surface area contributed by atoms with E-state index >= 15 is 0 Å². The summed E-state index contributed by atoms with van der Waals surface area (Å²) in [6.45, 7) is 1.32. The fraction of sp³-hybridized carbons (Fsp3) is 0.283. The van der Waals surface area contributed by atoms with Crippen molar-refractivity contribution in [3.63, 3.8) is 0 Å². The molecule has 64 heavy (non-hydrogen) atoms. The zero-order valence-electron chi connectivity index (χ0n) is 34.5. The van der Waals surface area contributed by atoms with Crippen molar-refractivity contribution in [1.29, 1.82) is 0 Å². The molecule has 1 fully saturated rings. The maximum Gasteiger partial charge on any atom is 0.264 e. The number of imide groups is 2. The van der Waals surface area contributed by atoms with Crippen molar-refractivity contribution in [2.75, 3.05) is 44.8 Å². The fourth-order valence-electron chi connectivity index (χ4n) is 7.74. The molecule has 5 amide bonds. The molecule has 5 N–H and O–H groups in total. The van der Waals surface area contributed by atoms with Gasteiger partial charge in [-0.25, -0.2) is 9.37 Å². The molecule has 18 heteroatoms. The maximum atomic E-state index is 13.6. The molecule has 1 atom stereocenters. The molecular weight excluding hydrogens is 847 g/mol. The van der Waals surface area contributed by atoms with Crippen LogP contribution in [0, 0.1) is 5.82 Å². The molecule has 0 spiro atoms. The number of aryl methyl sites for hydroxylation is 2. The van der Waals surface area contributed by atoms with Gasteiger partial charge < -0.3 is 30.2 Å². The molecule has 2 aliphatic rings. The summed E-state index contributed by atoms with van der Waals surface area (Å²) in [6.07, 6.45) is 2.61. The number of aromatic nitrogens is 4. The Morgan fingerprint density at radius 1 is 0.891 bits per heavy atom. The SMILES string of the molecule is O=C(COCCOCCCc1ccc(-c2nn(-c3nc4cc(Cl)ccc4[nH]3)c(O)c2CCc2ccc(F)cc2)cc1)NCCNc1cccc2c1C(=O)N(C1CCC(=O)NC1=O)C2=O. The lowest BCUT2D eigenvalue weighted by Gasteiger charge is -2.27. The Balaban J connectivity index is 0.755. The normalized spacial score (nSPS) is 14.9. The largest absolute Gasteiger partial charge is 0.493 e. The van der Waals surface area contributed by atoms with Crippen molar-refractivity contribution < 1.29 is 42.9 Å². The van der Waals surface area contributed by atoms with Gasteiger partial charge in [-0.1, -0.05) is 54.1 Å². The molecular formula is C46H44ClFN8O8. The number of anilines is 1. The molecule has 8 rings (SSSR count). The number of piperidine rings is 1. The van der Waals surface area contributed by atoms with Gasteiger partial charge in [-0.2, -0.15) is 9.78 Å². The van der Waals surface area contributed by atoms with Gasteiger partial charge in [-0.05, 0) is 85.7 Å². The molecule has 1 saturated heterocycles. The lowest BCUT2D eigenvalue weighted by atomic mass is 9.99. The Morgan fingerprint density at radius 3 is 2.45 bits per heavy atom. The van der Waals surface area contributed by atoms with E-state index in [2.05, 4.69) is 25.9 Å². The van der Waals surface area contributed by atoms with E-state index in [4.69, 9.17) is 26.2 Å². The number of nitrogens with zero attached hydrogens (tertiary/aromatic N) is 4. The predicted octanol–water partition coefficient (Wildman–Crippen LogP) is 5.29. The predicted molar refractivity (Wildman–Crippen MR) is 234 cm³/mol. The number of carbonyl (C=O) groups excluding carboxylic acids is 5. The second-order valence-corrected chi connectivity index (χ2v) is 15.8. The number of hydrogen-bond acceptors (Lipinski definition) is 11. The lowest BCUT2D eigenvalue weighted by molar-refractivity contribution is -0.136. The number of H-pyrrole nitrogens is 1. The van der Waals surface area contributed by atoms with E-state index in [-0.39, 0.29) is 67.9 Å². The number of fused-ring (bicyclic) bond motifs is 2. The van der Waals surface area contributed by atoms with Crippen LogP contribution < -0.4 is 16.0 Å². The van der Waals surface area contributed by atoms with Crippen LogP contribution in [0.3, 0.4) is 0 Å². The Morgan fingerprint density at radius 2 is 1.66 bits per heavy atom. The molecule has 330 valence electrons. The molecule has 6 aromatic rings. The number of benzene rings is 4. The number of carbonyl (C=O) groups is 5. The Bertz CT molecular complexity index is 2720. The van der Waals surface area contributed by atoms with Crippen molar-refractivity contribution in [3.8, 4) is 23.1 Å². The zero-order chi connectivity index (χ0) is 44.7. The van der Waals surface area contributed by atoms with Crippen LogP contribution in [0.5, 0.6) is 5.88 Å². The molecule has 16 nitrogen and oxygen atoms in total. The highest BCUT2D eigenvalue weighted by Crippen LogP contribution is 2.35. The standard InChI is InChI=1S/C46H44ClFN8O8/c47-30-13-17-34-36(25-30)52-46(51-34)56-44(61)33(16-10-28-8-14-31(48)15-9-28)41(54-56)29-11-6-27(7-12-29)3-2-22-63-23-24-64-26-39(58)50-21-20-49-35-5-1-4-32-40(35)45(62)55(43(32)60)37-18-19-38(57)53-42(37)59/h1,4-9,11-15,17,25,37,49,61H,2-3,10,16,18-24,26H2,(H,50,58)(H,51,52)(H,53,57,59). The highest BCUT2D eigenvalue weighted by atomic mass is 35.5. The van der Waals surface area contributed by atoms with Crippen molar-refractivity contribution in [2.24, 2.45) is 0 Å². The fourth-order valence-corrected chi connectivity index (χ4v) is 7.91. The van der Waals surface area contributed by atoms with Gasteiger partial charge >= 0.3 is 0 Å². The summed E-state index contributed by atoms with van der Waals surface area (Å²) in [7, 11) is 0. The molecule has 2 aliphatic heterocycles. The third-order valence-corrected chi connectivity index (χ3v) is 11.2. The number of ether oxygens (including phenoxy) is 2. The summed E-state index contributed by atoms with van der Waals surface area (Å²) in [6, 6.07) is 23.3. The Hall–Kier alpha value is -6.95. The van der Waals surface area contributed by atoms with E-state index in [1.54, 1.807) is 36.4 Å². The molecule has 1 unspecified atom stereocenters. The number of halogens is 2. The number of amides is 5. The highest BCUT2D eigenvalue weighted by molar-refractivity contribution is 6.31. The summed E-state index contributed by atoms with van der Waals surface area (Å²) in [4.78, 5) is 71.3.